The van der Waals surface area contributed by atoms with Crippen LogP contribution in [-0.2, 0) is 9.59 Å². The van der Waals surface area contributed by atoms with Gasteiger partial charge in [-0.3, -0.25) is 9.59 Å². The highest BCUT2D eigenvalue weighted by molar-refractivity contribution is 5.85. The number of aliphatic carboxylic acids is 1. The van der Waals surface area contributed by atoms with Crippen LogP contribution in [0.3, 0.4) is 0 Å². The van der Waals surface area contributed by atoms with E-state index in [-0.39, 0.29) is 5.91 Å². The molecule has 5 nitrogen and oxygen atoms in total. The third-order valence-electron chi connectivity index (χ3n) is 2.77. The number of amides is 1. The van der Waals surface area contributed by atoms with E-state index in [9.17, 15) is 9.59 Å². The summed E-state index contributed by atoms with van der Waals surface area (Å²) >= 11 is 0. The molecule has 0 saturated carbocycles. The molecular weight excluding hydrogens is 208 g/mol. The summed E-state index contributed by atoms with van der Waals surface area (Å²) in [6, 6.07) is 0. The average molecular weight is 226 g/mol. The Morgan fingerprint density at radius 2 is 1.94 bits per heavy atom. The van der Waals surface area contributed by atoms with Crippen LogP contribution in [0.5, 0.6) is 0 Å². The van der Waals surface area contributed by atoms with Gasteiger partial charge in [0.05, 0.1) is 11.8 Å². The van der Waals surface area contributed by atoms with Crippen molar-refractivity contribution in [2.45, 2.75) is 19.3 Å². The van der Waals surface area contributed by atoms with Crippen molar-refractivity contribution >= 4 is 11.9 Å². The Morgan fingerprint density at radius 3 is 2.50 bits per heavy atom. The van der Waals surface area contributed by atoms with Crippen LogP contribution in [0.25, 0.3) is 0 Å². The maximum atomic E-state index is 11.7. The zero-order valence-electron chi connectivity index (χ0n) is 9.19. The molecule has 0 aromatic rings. The quantitative estimate of drug-likeness (QED) is 0.458. The molecule has 90 valence electrons. The van der Waals surface area contributed by atoms with Gasteiger partial charge in [-0.1, -0.05) is 12.2 Å². The molecule has 16 heavy (non-hydrogen) atoms. The highest BCUT2D eigenvalue weighted by atomic mass is 16.4. The monoisotopic (exact) mass is 226 g/mol. The Kier molecular flexibility index (Phi) is 4.98. The van der Waals surface area contributed by atoms with Gasteiger partial charge in [-0.05, 0) is 25.8 Å². The van der Waals surface area contributed by atoms with Crippen molar-refractivity contribution in [3.05, 3.63) is 12.2 Å². The van der Waals surface area contributed by atoms with Gasteiger partial charge in [0.25, 0.3) is 0 Å². The molecule has 0 aromatic carbocycles. The Labute approximate surface area is 94.7 Å². The smallest absolute Gasteiger partial charge is 0.307 e. The molecule has 0 bridgehead atoms. The maximum absolute atomic E-state index is 11.7. The van der Waals surface area contributed by atoms with Gasteiger partial charge in [-0.2, -0.15) is 0 Å². The van der Waals surface area contributed by atoms with Crippen LogP contribution in [-0.4, -0.2) is 30.1 Å². The van der Waals surface area contributed by atoms with Crippen molar-refractivity contribution in [3.8, 4) is 0 Å². The molecule has 4 N–H and O–H groups in total. The first-order valence-electron chi connectivity index (χ1n) is 5.52. The van der Waals surface area contributed by atoms with Gasteiger partial charge in [-0.15, -0.1) is 0 Å². The fraction of sp³-hybridized carbons (Fsp3) is 0.636. The zero-order valence-corrected chi connectivity index (χ0v) is 9.19. The Bertz CT molecular complexity index is 289. The summed E-state index contributed by atoms with van der Waals surface area (Å²) in [6.45, 7) is 1.04. The van der Waals surface area contributed by atoms with Crippen molar-refractivity contribution in [2.24, 2.45) is 17.6 Å². The van der Waals surface area contributed by atoms with Gasteiger partial charge in [0.15, 0.2) is 0 Å². The van der Waals surface area contributed by atoms with Crippen LogP contribution in [0, 0.1) is 11.8 Å². The predicted molar refractivity (Wildman–Crippen MR) is 59.7 cm³/mol. The number of carbonyl (C=O) groups is 2. The standard InChI is InChI=1S/C11H18N2O3/c12-6-3-7-13-10(14)8-4-1-2-5-9(8)11(15)16/h1-2,8-9H,3-7,12H2,(H,13,14)(H,15,16)/t8-,9+/m1/s1. The number of carboxylic acids is 1. The summed E-state index contributed by atoms with van der Waals surface area (Å²) in [6.07, 6.45) is 5.34. The van der Waals surface area contributed by atoms with Crippen LogP contribution in [0.4, 0.5) is 0 Å². The normalized spacial score (nSPS) is 24.1. The topological polar surface area (TPSA) is 92.4 Å². The van der Waals surface area contributed by atoms with Gasteiger partial charge in [0.2, 0.25) is 5.91 Å². The zero-order chi connectivity index (χ0) is 12.0. The minimum absolute atomic E-state index is 0.176. The molecule has 1 amide bonds. The number of hydrogen-bond acceptors (Lipinski definition) is 3. The van der Waals surface area contributed by atoms with E-state index in [2.05, 4.69) is 5.32 Å². The first-order valence-corrected chi connectivity index (χ1v) is 5.52. The van der Waals surface area contributed by atoms with E-state index in [1.807, 2.05) is 12.2 Å². The molecule has 0 unspecified atom stereocenters. The third-order valence-corrected chi connectivity index (χ3v) is 2.77. The molecule has 0 aliphatic heterocycles. The van der Waals surface area contributed by atoms with Crippen LogP contribution in [0.1, 0.15) is 19.3 Å². The molecule has 0 heterocycles. The molecule has 5 heteroatoms. The fourth-order valence-corrected chi connectivity index (χ4v) is 1.82. The van der Waals surface area contributed by atoms with Crippen LogP contribution in [0.2, 0.25) is 0 Å². The summed E-state index contributed by atoms with van der Waals surface area (Å²) in [5.41, 5.74) is 5.31. The van der Waals surface area contributed by atoms with Crippen LogP contribution >= 0.6 is 0 Å². The molecule has 2 atom stereocenters. The number of nitrogens with one attached hydrogen (secondary N) is 1. The SMILES string of the molecule is NCCCNC(=O)[C@@H]1CC=CC[C@@H]1C(=O)O. The number of allylic oxidation sites excluding steroid dienone is 2. The first-order chi connectivity index (χ1) is 7.66. The van der Waals surface area contributed by atoms with E-state index < -0.39 is 17.8 Å². The molecule has 0 spiro atoms. The summed E-state index contributed by atoms with van der Waals surface area (Å²) < 4.78 is 0. The largest absolute Gasteiger partial charge is 0.481 e. The Balaban J connectivity index is 2.52. The molecule has 1 rings (SSSR count). The minimum Gasteiger partial charge on any atom is -0.481 e. The molecule has 0 aromatic heterocycles. The van der Waals surface area contributed by atoms with E-state index in [1.165, 1.54) is 0 Å². The lowest BCUT2D eigenvalue weighted by molar-refractivity contribution is -0.147. The van der Waals surface area contributed by atoms with Crippen molar-refractivity contribution in [3.63, 3.8) is 0 Å². The van der Waals surface area contributed by atoms with Crippen molar-refractivity contribution in [1.29, 1.82) is 0 Å². The second kappa shape index (κ2) is 6.27. The molecule has 1 aliphatic carbocycles. The number of nitrogens with two attached hydrogens (primary N) is 1. The van der Waals surface area contributed by atoms with E-state index in [4.69, 9.17) is 10.8 Å². The Morgan fingerprint density at radius 1 is 1.31 bits per heavy atom. The highest BCUT2D eigenvalue weighted by Crippen LogP contribution is 2.25. The second-order valence-electron chi connectivity index (χ2n) is 3.93. The molecule has 0 saturated heterocycles. The summed E-state index contributed by atoms with van der Waals surface area (Å²) in [5.74, 6) is -2.11. The van der Waals surface area contributed by atoms with E-state index >= 15 is 0 Å². The second-order valence-corrected chi connectivity index (χ2v) is 3.93. The number of rotatable bonds is 5. The van der Waals surface area contributed by atoms with Crippen LogP contribution < -0.4 is 11.1 Å². The number of carbonyl (C=O) groups excluding carboxylic acids is 1. The molecule has 0 fully saturated rings. The minimum atomic E-state index is -0.900. The molecule has 0 radical (unpaired) electrons. The number of hydrogen-bond donors (Lipinski definition) is 3. The predicted octanol–water partition coefficient (Wildman–Crippen LogP) is 0.118. The fourth-order valence-electron chi connectivity index (χ4n) is 1.82. The van der Waals surface area contributed by atoms with Gasteiger partial charge >= 0.3 is 5.97 Å². The van der Waals surface area contributed by atoms with Crippen molar-refractivity contribution in [2.75, 3.05) is 13.1 Å². The van der Waals surface area contributed by atoms with E-state index in [0.29, 0.717) is 32.4 Å². The van der Waals surface area contributed by atoms with Gasteiger partial charge in [0.1, 0.15) is 0 Å². The lowest BCUT2D eigenvalue weighted by Crippen LogP contribution is -2.39. The lowest BCUT2D eigenvalue weighted by atomic mass is 9.82. The number of carboxylic acid groups (broad SMARTS) is 1. The first kappa shape index (κ1) is 12.7. The average Bonchev–Trinajstić information content (AvgIpc) is 2.29. The van der Waals surface area contributed by atoms with Crippen LogP contribution in [0.15, 0.2) is 12.2 Å². The maximum Gasteiger partial charge on any atom is 0.307 e. The summed E-state index contributed by atoms with van der Waals surface area (Å²) in [5, 5.41) is 11.7. The van der Waals surface area contributed by atoms with Crippen molar-refractivity contribution in [1.82, 2.24) is 5.32 Å². The van der Waals surface area contributed by atoms with Gasteiger partial charge in [0, 0.05) is 6.54 Å². The summed E-state index contributed by atoms with van der Waals surface area (Å²) in [4.78, 5) is 22.7. The Hall–Kier alpha value is -1.36. The lowest BCUT2D eigenvalue weighted by Gasteiger charge is -2.24. The van der Waals surface area contributed by atoms with Crippen molar-refractivity contribution < 1.29 is 14.7 Å². The summed E-state index contributed by atoms with van der Waals surface area (Å²) in [7, 11) is 0. The van der Waals surface area contributed by atoms with E-state index in [1.54, 1.807) is 0 Å². The molecular formula is C11H18N2O3. The third kappa shape index (κ3) is 3.34. The van der Waals surface area contributed by atoms with Gasteiger partial charge < -0.3 is 16.2 Å². The van der Waals surface area contributed by atoms with E-state index in [0.717, 1.165) is 0 Å². The molecule has 1 aliphatic rings. The highest BCUT2D eigenvalue weighted by Gasteiger charge is 2.33. The van der Waals surface area contributed by atoms with Gasteiger partial charge in [-0.25, -0.2) is 0 Å².